The van der Waals surface area contributed by atoms with Crippen molar-refractivity contribution < 1.29 is 18.4 Å². The second-order valence-electron chi connectivity index (χ2n) is 5.84. The normalized spacial score (nSPS) is 15.5. The molecule has 0 N–H and O–H groups in total. The number of benzene rings is 2. The van der Waals surface area contributed by atoms with Gasteiger partial charge in [-0.1, -0.05) is 11.8 Å². The van der Waals surface area contributed by atoms with E-state index in [1.54, 1.807) is 0 Å². The van der Waals surface area contributed by atoms with E-state index in [1.165, 1.54) is 34.8 Å². The monoisotopic (exact) mass is 374 g/mol. The Kier molecular flexibility index (Phi) is 5.01. The van der Waals surface area contributed by atoms with E-state index >= 15 is 0 Å². The van der Waals surface area contributed by atoms with Crippen molar-refractivity contribution in [3.8, 4) is 5.75 Å². The van der Waals surface area contributed by atoms with Gasteiger partial charge < -0.3 is 5.11 Å². The van der Waals surface area contributed by atoms with Gasteiger partial charge in [0, 0.05) is 31.4 Å². The van der Waals surface area contributed by atoms with Crippen molar-refractivity contribution in [3.63, 3.8) is 0 Å². The van der Waals surface area contributed by atoms with Gasteiger partial charge in [-0.3, -0.25) is 15.1 Å². The number of sulfonamides is 1. The van der Waals surface area contributed by atoms with E-state index in [0.717, 1.165) is 31.0 Å². The zero-order valence-electron chi connectivity index (χ0n) is 13.7. The predicted molar refractivity (Wildman–Crippen MR) is 94.2 cm³/mol. The minimum Gasteiger partial charge on any atom is -0.872 e. The molecule has 0 unspecified atom stereocenters. The Labute approximate surface area is 150 Å². The van der Waals surface area contributed by atoms with E-state index in [9.17, 15) is 23.6 Å². The Morgan fingerprint density at radius 2 is 1.73 bits per heavy atom. The number of nitrogens with zero attached hydrogens (tertiary/aromatic N) is 3. The summed E-state index contributed by atoms with van der Waals surface area (Å²) >= 11 is 0. The summed E-state index contributed by atoms with van der Waals surface area (Å²) in [6.45, 7) is 1.06. The van der Waals surface area contributed by atoms with Crippen molar-refractivity contribution in [1.29, 1.82) is 0 Å². The van der Waals surface area contributed by atoms with E-state index in [0.29, 0.717) is 18.8 Å². The average Bonchev–Trinajstić information content (AvgIpc) is 3.16. The lowest BCUT2D eigenvalue weighted by Gasteiger charge is -2.15. The fourth-order valence-corrected chi connectivity index (χ4v) is 4.19. The molecule has 0 bridgehead atoms. The first-order chi connectivity index (χ1) is 12.4. The second-order valence-corrected chi connectivity index (χ2v) is 7.78. The fraction of sp³-hybridized carbons (Fsp3) is 0.235. The van der Waals surface area contributed by atoms with Crippen LogP contribution in [-0.4, -0.2) is 37.0 Å². The van der Waals surface area contributed by atoms with Crippen LogP contribution >= 0.6 is 0 Å². The molecule has 1 saturated heterocycles. The molecule has 0 spiro atoms. The SMILES string of the molecule is O=[N+]([O-])c1ccc([O-])c(C=Nc2ccc(S(=O)(=O)N3CCCC3)cc2)c1. The maximum absolute atomic E-state index is 12.5. The van der Waals surface area contributed by atoms with Crippen LogP contribution in [0, 0.1) is 10.1 Å². The standard InChI is InChI=1S/C17H17N3O5S/c21-17-8-5-15(20(22)23)11-13(17)12-18-14-3-6-16(7-4-14)26(24,25)19-9-1-2-10-19/h3-8,11-12,21H,1-2,9-10H2/p-1. The molecule has 0 amide bonds. The maximum Gasteiger partial charge on any atom is 0.270 e. The third-order valence-corrected chi connectivity index (χ3v) is 6.01. The van der Waals surface area contributed by atoms with E-state index in [1.807, 2.05) is 0 Å². The topological polar surface area (TPSA) is 116 Å². The first-order valence-corrected chi connectivity index (χ1v) is 9.42. The van der Waals surface area contributed by atoms with Gasteiger partial charge in [0.2, 0.25) is 10.0 Å². The van der Waals surface area contributed by atoms with Gasteiger partial charge in [-0.25, -0.2) is 8.42 Å². The number of hydrogen-bond donors (Lipinski definition) is 0. The van der Waals surface area contributed by atoms with Gasteiger partial charge in [0.05, 0.1) is 15.5 Å². The van der Waals surface area contributed by atoms with E-state index in [-0.39, 0.29) is 21.9 Å². The van der Waals surface area contributed by atoms with Gasteiger partial charge in [0.1, 0.15) is 0 Å². The molecule has 2 aromatic carbocycles. The average molecular weight is 374 g/mol. The molecule has 0 saturated carbocycles. The molecule has 3 rings (SSSR count). The molecule has 0 radical (unpaired) electrons. The van der Waals surface area contributed by atoms with Crippen molar-refractivity contribution in [2.24, 2.45) is 4.99 Å². The molecule has 2 aromatic rings. The first-order valence-electron chi connectivity index (χ1n) is 7.98. The fourth-order valence-electron chi connectivity index (χ4n) is 2.68. The molecule has 8 nitrogen and oxygen atoms in total. The molecule has 0 aliphatic carbocycles. The quantitative estimate of drug-likeness (QED) is 0.452. The summed E-state index contributed by atoms with van der Waals surface area (Å²) in [6.07, 6.45) is 2.96. The number of rotatable bonds is 5. The predicted octanol–water partition coefficient (Wildman–Crippen LogP) is 2.20. The van der Waals surface area contributed by atoms with E-state index in [2.05, 4.69) is 4.99 Å². The summed E-state index contributed by atoms with van der Waals surface area (Å²) in [4.78, 5) is 14.5. The van der Waals surface area contributed by atoms with Gasteiger partial charge in [-0.05, 0) is 42.7 Å². The Balaban J connectivity index is 1.80. The van der Waals surface area contributed by atoms with E-state index in [4.69, 9.17) is 0 Å². The van der Waals surface area contributed by atoms with Crippen LogP contribution in [0.4, 0.5) is 11.4 Å². The van der Waals surface area contributed by atoms with Crippen molar-refractivity contribution >= 4 is 27.6 Å². The first kappa shape index (κ1) is 18.0. The van der Waals surface area contributed by atoms with Crippen LogP contribution in [0.25, 0.3) is 0 Å². The zero-order chi connectivity index (χ0) is 18.7. The largest absolute Gasteiger partial charge is 0.872 e. The van der Waals surface area contributed by atoms with Gasteiger partial charge in [0.25, 0.3) is 5.69 Å². The summed E-state index contributed by atoms with van der Waals surface area (Å²) in [5.41, 5.74) is 0.336. The van der Waals surface area contributed by atoms with Gasteiger partial charge in [0.15, 0.2) is 0 Å². The van der Waals surface area contributed by atoms with Crippen LogP contribution in [0.1, 0.15) is 18.4 Å². The Bertz CT molecular complexity index is 949. The molecule has 9 heteroatoms. The van der Waals surface area contributed by atoms with Crippen molar-refractivity contribution in [1.82, 2.24) is 4.31 Å². The number of nitro benzene ring substituents is 1. The lowest BCUT2D eigenvalue weighted by Crippen LogP contribution is -2.27. The van der Waals surface area contributed by atoms with Crippen molar-refractivity contribution in [2.45, 2.75) is 17.7 Å². The number of non-ortho nitro benzene ring substituents is 1. The van der Waals surface area contributed by atoms with Crippen LogP contribution in [0.15, 0.2) is 52.4 Å². The molecular weight excluding hydrogens is 358 g/mol. The third kappa shape index (κ3) is 3.73. The van der Waals surface area contributed by atoms with Crippen LogP contribution in [0.2, 0.25) is 0 Å². The zero-order valence-corrected chi connectivity index (χ0v) is 14.6. The molecule has 1 aliphatic heterocycles. The highest BCUT2D eigenvalue weighted by molar-refractivity contribution is 7.89. The molecule has 1 aliphatic rings. The molecule has 136 valence electrons. The maximum atomic E-state index is 12.5. The van der Waals surface area contributed by atoms with Crippen molar-refractivity contribution in [2.75, 3.05) is 13.1 Å². The van der Waals surface area contributed by atoms with Crippen LogP contribution in [-0.2, 0) is 10.0 Å². The minimum atomic E-state index is -3.49. The molecule has 0 aromatic heterocycles. The van der Waals surface area contributed by atoms with Crippen LogP contribution in [0.3, 0.4) is 0 Å². The highest BCUT2D eigenvalue weighted by Gasteiger charge is 2.26. The highest BCUT2D eigenvalue weighted by atomic mass is 32.2. The Morgan fingerprint density at radius 1 is 1.08 bits per heavy atom. The summed E-state index contributed by atoms with van der Waals surface area (Å²) in [5.74, 6) is -0.382. The Morgan fingerprint density at radius 3 is 2.35 bits per heavy atom. The Hall–Kier alpha value is -2.78. The van der Waals surface area contributed by atoms with Crippen LogP contribution < -0.4 is 5.11 Å². The molecular formula is C17H16N3O5S-. The third-order valence-electron chi connectivity index (χ3n) is 4.10. The van der Waals surface area contributed by atoms with Crippen molar-refractivity contribution in [3.05, 3.63) is 58.1 Å². The second kappa shape index (κ2) is 7.22. The highest BCUT2D eigenvalue weighted by Crippen LogP contribution is 2.24. The molecule has 1 fully saturated rings. The number of aliphatic imine (C=N–C) groups is 1. The summed E-state index contributed by atoms with van der Waals surface area (Å²) < 4.78 is 26.4. The minimum absolute atomic E-state index is 0.0907. The summed E-state index contributed by atoms with van der Waals surface area (Å²) in [7, 11) is -3.49. The molecule has 26 heavy (non-hydrogen) atoms. The van der Waals surface area contributed by atoms with E-state index < -0.39 is 14.9 Å². The summed E-state index contributed by atoms with van der Waals surface area (Å²) in [6, 6.07) is 9.39. The smallest absolute Gasteiger partial charge is 0.270 e. The lowest BCUT2D eigenvalue weighted by atomic mass is 10.2. The van der Waals surface area contributed by atoms with Crippen LogP contribution in [0.5, 0.6) is 5.75 Å². The molecule has 1 heterocycles. The lowest BCUT2D eigenvalue weighted by molar-refractivity contribution is -0.385. The number of hydrogen-bond acceptors (Lipinski definition) is 6. The summed E-state index contributed by atoms with van der Waals surface area (Å²) in [5, 5.41) is 22.5. The number of nitro groups is 1. The van der Waals surface area contributed by atoms with Gasteiger partial charge in [-0.2, -0.15) is 4.31 Å². The van der Waals surface area contributed by atoms with Gasteiger partial charge in [-0.15, -0.1) is 0 Å². The molecule has 0 atom stereocenters. The van der Waals surface area contributed by atoms with Gasteiger partial charge >= 0.3 is 0 Å².